The molecule has 0 spiro atoms. The van der Waals surface area contributed by atoms with Crippen LogP contribution in [0.3, 0.4) is 0 Å². The highest BCUT2D eigenvalue weighted by molar-refractivity contribution is 7.89. The minimum absolute atomic E-state index is 0.0288. The molecule has 6 nitrogen and oxygen atoms in total. The maximum absolute atomic E-state index is 12.7. The van der Waals surface area contributed by atoms with Crippen molar-refractivity contribution in [3.8, 4) is 0 Å². The highest BCUT2D eigenvalue weighted by Gasteiger charge is 2.25. The van der Waals surface area contributed by atoms with Crippen molar-refractivity contribution in [2.75, 3.05) is 26.2 Å². The van der Waals surface area contributed by atoms with Crippen molar-refractivity contribution in [2.45, 2.75) is 44.6 Å². The number of aryl methyl sites for hydroxylation is 3. The SMILES string of the molecule is Cc1cc(C)c(S(=O)(=O)NCCCC(=O)N2CCOC(c3ccccc3)C2)c(C)c1. The van der Waals surface area contributed by atoms with Gasteiger partial charge in [0.15, 0.2) is 0 Å². The molecule has 0 radical (unpaired) electrons. The molecule has 0 aromatic heterocycles. The van der Waals surface area contributed by atoms with Gasteiger partial charge in [0, 0.05) is 19.5 Å². The lowest BCUT2D eigenvalue weighted by Crippen LogP contribution is -2.42. The number of hydrogen-bond acceptors (Lipinski definition) is 4. The predicted octanol–water partition coefficient (Wildman–Crippen LogP) is 3.27. The molecule has 0 aliphatic carbocycles. The predicted molar refractivity (Wildman–Crippen MR) is 117 cm³/mol. The van der Waals surface area contributed by atoms with Gasteiger partial charge < -0.3 is 9.64 Å². The Kier molecular flexibility index (Phi) is 7.28. The van der Waals surface area contributed by atoms with Crippen molar-refractivity contribution in [3.63, 3.8) is 0 Å². The van der Waals surface area contributed by atoms with Crippen molar-refractivity contribution in [1.29, 1.82) is 0 Å². The molecule has 1 atom stereocenters. The van der Waals surface area contributed by atoms with Gasteiger partial charge in [-0.1, -0.05) is 48.0 Å². The first-order valence-corrected chi connectivity index (χ1v) is 11.8. The number of carbonyl (C=O) groups excluding carboxylic acids is 1. The van der Waals surface area contributed by atoms with Crippen LogP contribution < -0.4 is 4.72 Å². The van der Waals surface area contributed by atoms with Crippen molar-refractivity contribution < 1.29 is 17.9 Å². The Hall–Kier alpha value is -2.22. The average Bonchev–Trinajstić information content (AvgIpc) is 2.71. The van der Waals surface area contributed by atoms with Crippen LogP contribution in [-0.4, -0.2) is 45.5 Å². The summed E-state index contributed by atoms with van der Waals surface area (Å²) in [5.41, 5.74) is 3.56. The van der Waals surface area contributed by atoms with E-state index in [4.69, 9.17) is 4.74 Å². The summed E-state index contributed by atoms with van der Waals surface area (Å²) in [6.07, 6.45) is 0.639. The molecule has 0 bridgehead atoms. The number of morpholine rings is 1. The standard InChI is InChI=1S/C23H30N2O4S/c1-17-14-18(2)23(19(3)15-17)30(27,28)24-11-7-10-22(26)25-12-13-29-21(16-25)20-8-5-4-6-9-20/h4-6,8-9,14-15,21,24H,7,10-13,16H2,1-3H3. The minimum Gasteiger partial charge on any atom is -0.370 e. The lowest BCUT2D eigenvalue weighted by atomic mass is 10.1. The maximum atomic E-state index is 12.7. The van der Waals surface area contributed by atoms with Crippen LogP contribution in [0.4, 0.5) is 0 Å². The molecule has 162 valence electrons. The summed E-state index contributed by atoms with van der Waals surface area (Å²) in [6.45, 7) is 7.38. The molecular formula is C23H30N2O4S. The van der Waals surface area contributed by atoms with Crippen LogP contribution in [0.5, 0.6) is 0 Å². The van der Waals surface area contributed by atoms with Crippen molar-refractivity contribution >= 4 is 15.9 Å². The number of carbonyl (C=O) groups is 1. The van der Waals surface area contributed by atoms with Gasteiger partial charge in [-0.3, -0.25) is 4.79 Å². The fourth-order valence-corrected chi connectivity index (χ4v) is 5.54. The van der Waals surface area contributed by atoms with Crippen LogP contribution in [0, 0.1) is 20.8 Å². The first kappa shape index (κ1) is 22.5. The van der Waals surface area contributed by atoms with Crippen LogP contribution in [0.25, 0.3) is 0 Å². The molecule has 7 heteroatoms. The summed E-state index contributed by atoms with van der Waals surface area (Å²) < 4.78 is 33.9. The van der Waals surface area contributed by atoms with Crippen LogP contribution in [0.1, 0.15) is 41.2 Å². The van der Waals surface area contributed by atoms with Crippen molar-refractivity contribution in [1.82, 2.24) is 9.62 Å². The zero-order chi connectivity index (χ0) is 21.7. The van der Waals surface area contributed by atoms with Crippen LogP contribution in [0.15, 0.2) is 47.4 Å². The van der Waals surface area contributed by atoms with Gasteiger partial charge in [0.1, 0.15) is 6.10 Å². The van der Waals surface area contributed by atoms with Crippen molar-refractivity contribution in [2.24, 2.45) is 0 Å². The molecular weight excluding hydrogens is 400 g/mol. The van der Waals surface area contributed by atoms with Crippen molar-refractivity contribution in [3.05, 3.63) is 64.7 Å². The first-order chi connectivity index (χ1) is 14.3. The lowest BCUT2D eigenvalue weighted by molar-refractivity contribution is -0.139. The number of ether oxygens (including phenoxy) is 1. The van der Waals surface area contributed by atoms with E-state index in [1.807, 2.05) is 54.3 Å². The second-order valence-electron chi connectivity index (χ2n) is 7.84. The number of sulfonamides is 1. The Bertz CT molecular complexity index is 967. The van der Waals surface area contributed by atoms with Gasteiger partial charge in [0.05, 0.1) is 18.0 Å². The fourth-order valence-electron chi connectivity index (χ4n) is 4.01. The molecule has 1 aliphatic rings. The summed E-state index contributed by atoms with van der Waals surface area (Å²) in [4.78, 5) is 14.7. The molecule has 1 saturated heterocycles. The van der Waals surface area contributed by atoms with E-state index in [0.717, 1.165) is 22.3 Å². The number of hydrogen-bond donors (Lipinski definition) is 1. The van der Waals surface area contributed by atoms with Gasteiger partial charge in [0.2, 0.25) is 15.9 Å². The molecule has 30 heavy (non-hydrogen) atoms. The third-order valence-electron chi connectivity index (χ3n) is 5.32. The number of amides is 1. The van der Waals surface area contributed by atoms with E-state index in [9.17, 15) is 13.2 Å². The number of rotatable bonds is 7. The van der Waals surface area contributed by atoms with Gasteiger partial charge in [-0.2, -0.15) is 0 Å². The molecule has 1 unspecified atom stereocenters. The molecule has 1 aliphatic heterocycles. The Morgan fingerprint density at radius 3 is 2.47 bits per heavy atom. The normalized spacial score (nSPS) is 17.2. The zero-order valence-electron chi connectivity index (χ0n) is 17.8. The smallest absolute Gasteiger partial charge is 0.241 e. The quantitative estimate of drug-likeness (QED) is 0.684. The topological polar surface area (TPSA) is 75.7 Å². The van der Waals surface area contributed by atoms with E-state index in [1.54, 1.807) is 13.8 Å². The summed E-state index contributed by atoms with van der Waals surface area (Å²) in [5, 5.41) is 0. The van der Waals surface area contributed by atoms with E-state index in [1.165, 1.54) is 0 Å². The highest BCUT2D eigenvalue weighted by Crippen LogP contribution is 2.23. The zero-order valence-corrected chi connectivity index (χ0v) is 18.7. The fraction of sp³-hybridized carbons (Fsp3) is 0.435. The molecule has 3 rings (SSSR count). The summed E-state index contributed by atoms with van der Waals surface area (Å²) >= 11 is 0. The summed E-state index contributed by atoms with van der Waals surface area (Å²) in [5.74, 6) is 0.0288. The summed E-state index contributed by atoms with van der Waals surface area (Å²) in [6, 6.07) is 13.6. The van der Waals surface area contributed by atoms with Gasteiger partial charge >= 0.3 is 0 Å². The van der Waals surface area contributed by atoms with E-state index in [0.29, 0.717) is 37.4 Å². The monoisotopic (exact) mass is 430 g/mol. The largest absolute Gasteiger partial charge is 0.370 e. The Morgan fingerprint density at radius 2 is 1.80 bits per heavy atom. The number of nitrogens with one attached hydrogen (secondary N) is 1. The van der Waals surface area contributed by atoms with Gasteiger partial charge in [-0.05, 0) is 43.9 Å². The Morgan fingerprint density at radius 1 is 1.13 bits per heavy atom. The van der Waals surface area contributed by atoms with E-state index in [-0.39, 0.29) is 18.6 Å². The maximum Gasteiger partial charge on any atom is 0.241 e. The van der Waals surface area contributed by atoms with Gasteiger partial charge in [0.25, 0.3) is 0 Å². The molecule has 1 heterocycles. The van der Waals surface area contributed by atoms with Gasteiger partial charge in [-0.15, -0.1) is 0 Å². The number of nitrogens with zero attached hydrogens (tertiary/aromatic N) is 1. The Labute approximate surface area is 179 Å². The van der Waals surface area contributed by atoms with Gasteiger partial charge in [-0.25, -0.2) is 13.1 Å². The van der Waals surface area contributed by atoms with E-state index < -0.39 is 10.0 Å². The molecule has 1 amide bonds. The lowest BCUT2D eigenvalue weighted by Gasteiger charge is -2.33. The second kappa shape index (κ2) is 9.73. The molecule has 2 aromatic carbocycles. The van der Waals surface area contributed by atoms with E-state index in [2.05, 4.69) is 4.72 Å². The summed E-state index contributed by atoms with van der Waals surface area (Å²) in [7, 11) is -3.60. The third kappa shape index (κ3) is 5.47. The van der Waals surface area contributed by atoms with Crippen LogP contribution in [-0.2, 0) is 19.6 Å². The molecule has 1 N–H and O–H groups in total. The molecule has 1 fully saturated rings. The number of benzene rings is 2. The first-order valence-electron chi connectivity index (χ1n) is 10.3. The van der Waals surface area contributed by atoms with Crippen LogP contribution >= 0.6 is 0 Å². The molecule has 2 aromatic rings. The highest BCUT2D eigenvalue weighted by atomic mass is 32.2. The van der Waals surface area contributed by atoms with E-state index >= 15 is 0 Å². The second-order valence-corrected chi connectivity index (χ2v) is 9.54. The average molecular weight is 431 g/mol. The Balaban J connectivity index is 1.51. The molecule has 0 saturated carbocycles. The third-order valence-corrected chi connectivity index (χ3v) is 7.09. The van der Waals surface area contributed by atoms with Crippen LogP contribution in [0.2, 0.25) is 0 Å². The minimum atomic E-state index is -3.60.